The molecule has 3 fully saturated rings. The minimum absolute atomic E-state index is 0.159. The molecule has 1 unspecified atom stereocenters. The van der Waals surface area contributed by atoms with Crippen molar-refractivity contribution in [2.24, 2.45) is 46.3 Å². The Hall–Kier alpha value is -2.31. The lowest BCUT2D eigenvalue weighted by Crippen LogP contribution is -2.51. The van der Waals surface area contributed by atoms with Crippen LogP contribution >= 0.6 is 0 Å². The molecular formula is C39H62O7. The van der Waals surface area contributed by atoms with Gasteiger partial charge in [0.05, 0.1) is 13.2 Å². The molecule has 4 aliphatic rings. The van der Waals surface area contributed by atoms with E-state index in [1.807, 2.05) is 0 Å². The summed E-state index contributed by atoms with van der Waals surface area (Å²) in [4.78, 5) is 35.8. The number of allylic oxidation sites excluding steroid dienone is 1. The van der Waals surface area contributed by atoms with E-state index in [1.165, 1.54) is 50.5 Å². The SMILES string of the molecule is C=C(C)C(=O)OCCCCCCOC(=O)OC(=O)OC1CC[C@@]2(C)C(=CC[C@H]3[C@@H]4CC[C@H]([C@H](C)CCCC(C)C)[C@@]4(C)CC[C@@H]32)C1. The predicted molar refractivity (Wildman–Crippen MR) is 180 cm³/mol. The molecule has 0 amide bonds. The molecule has 0 aliphatic heterocycles. The van der Waals surface area contributed by atoms with Crippen LogP contribution in [0.5, 0.6) is 0 Å². The van der Waals surface area contributed by atoms with E-state index < -0.39 is 12.3 Å². The Bertz CT molecular complexity index is 1110. The molecule has 0 bridgehead atoms. The van der Waals surface area contributed by atoms with Crippen LogP contribution in [0.15, 0.2) is 23.8 Å². The molecule has 0 N–H and O–H groups in total. The number of hydrogen-bond acceptors (Lipinski definition) is 7. The van der Waals surface area contributed by atoms with Crippen molar-refractivity contribution in [1.82, 2.24) is 0 Å². The van der Waals surface area contributed by atoms with Crippen LogP contribution in [0.1, 0.15) is 138 Å². The Morgan fingerprint density at radius 3 is 2.28 bits per heavy atom. The van der Waals surface area contributed by atoms with Crippen molar-refractivity contribution in [2.45, 2.75) is 144 Å². The van der Waals surface area contributed by atoms with Gasteiger partial charge in [0, 0.05) is 12.0 Å². The van der Waals surface area contributed by atoms with E-state index in [4.69, 9.17) is 18.9 Å². The van der Waals surface area contributed by atoms with Gasteiger partial charge < -0.3 is 18.9 Å². The number of carbonyl (C=O) groups excluding carboxylic acids is 3. The maximum atomic E-state index is 12.4. The molecule has 0 saturated heterocycles. The van der Waals surface area contributed by atoms with E-state index in [1.54, 1.807) is 6.92 Å². The van der Waals surface area contributed by atoms with Gasteiger partial charge in [0.15, 0.2) is 0 Å². The molecule has 0 aromatic carbocycles. The maximum absolute atomic E-state index is 12.4. The second-order valence-corrected chi connectivity index (χ2v) is 16.1. The van der Waals surface area contributed by atoms with E-state index in [9.17, 15) is 14.4 Å². The lowest BCUT2D eigenvalue weighted by atomic mass is 9.47. The maximum Gasteiger partial charge on any atom is 0.518 e. The van der Waals surface area contributed by atoms with Gasteiger partial charge in [0.2, 0.25) is 0 Å². The third-order valence-corrected chi connectivity index (χ3v) is 12.5. The first-order valence-electron chi connectivity index (χ1n) is 18.4. The second-order valence-electron chi connectivity index (χ2n) is 16.1. The molecule has 0 radical (unpaired) electrons. The Balaban J connectivity index is 1.19. The lowest BCUT2D eigenvalue weighted by Gasteiger charge is -2.58. The van der Waals surface area contributed by atoms with Gasteiger partial charge in [-0.05, 0) is 124 Å². The van der Waals surface area contributed by atoms with Gasteiger partial charge in [-0.3, -0.25) is 0 Å². The molecule has 4 rings (SSSR count). The quantitative estimate of drug-likeness (QED) is 0.0465. The Morgan fingerprint density at radius 2 is 1.59 bits per heavy atom. The summed E-state index contributed by atoms with van der Waals surface area (Å²) in [5, 5.41) is 0. The van der Waals surface area contributed by atoms with Gasteiger partial charge in [0.1, 0.15) is 6.10 Å². The van der Waals surface area contributed by atoms with E-state index in [2.05, 4.69) is 47.3 Å². The highest BCUT2D eigenvalue weighted by molar-refractivity contribution is 5.86. The van der Waals surface area contributed by atoms with Crippen LogP contribution in [-0.4, -0.2) is 37.6 Å². The smallest absolute Gasteiger partial charge is 0.462 e. The molecule has 0 heterocycles. The Labute approximate surface area is 278 Å². The first-order chi connectivity index (χ1) is 21.8. The minimum Gasteiger partial charge on any atom is -0.462 e. The predicted octanol–water partition coefficient (Wildman–Crippen LogP) is 10.4. The van der Waals surface area contributed by atoms with Crippen LogP contribution in [-0.2, 0) is 23.7 Å². The standard InChI is InChI=1S/C39H62O7/c1-26(2)13-12-14-28(5)32-17-18-33-31-16-15-29-25-30(19-21-38(29,6)34(31)20-22-39(32,33)7)45-37(42)46-36(41)44-24-11-9-8-10-23-43-35(40)27(3)4/h15,26,28,30-34H,3,8-14,16-25H2,1-2,4-7H3/t28-,30?,31+,32-,33+,34+,38+,39-/m1/s1. The van der Waals surface area contributed by atoms with Crippen molar-refractivity contribution in [2.75, 3.05) is 13.2 Å². The number of rotatable bonds is 14. The molecule has 3 saturated carbocycles. The van der Waals surface area contributed by atoms with Crippen molar-refractivity contribution in [3.8, 4) is 0 Å². The molecule has 4 aliphatic carbocycles. The summed E-state index contributed by atoms with van der Waals surface area (Å²) < 4.78 is 20.6. The zero-order valence-corrected chi connectivity index (χ0v) is 29.7. The first kappa shape index (κ1) is 36.5. The molecule has 0 aromatic heterocycles. The summed E-state index contributed by atoms with van der Waals surface area (Å²) in [6.07, 6.45) is 16.4. The van der Waals surface area contributed by atoms with Crippen LogP contribution < -0.4 is 0 Å². The average molecular weight is 643 g/mol. The Morgan fingerprint density at radius 1 is 0.870 bits per heavy atom. The number of ether oxygens (including phenoxy) is 4. The Kier molecular flexibility index (Phi) is 12.9. The highest BCUT2D eigenvalue weighted by Crippen LogP contribution is 2.67. The topological polar surface area (TPSA) is 88.1 Å². The highest BCUT2D eigenvalue weighted by atomic mass is 16.8. The number of unbranched alkanes of at least 4 members (excludes halogenated alkanes) is 3. The van der Waals surface area contributed by atoms with Crippen LogP contribution in [0.25, 0.3) is 0 Å². The van der Waals surface area contributed by atoms with Crippen LogP contribution in [0.4, 0.5) is 9.59 Å². The largest absolute Gasteiger partial charge is 0.518 e. The summed E-state index contributed by atoms with van der Waals surface area (Å²) >= 11 is 0. The molecular weight excluding hydrogens is 580 g/mol. The molecule has 46 heavy (non-hydrogen) atoms. The third kappa shape index (κ3) is 8.78. The van der Waals surface area contributed by atoms with Gasteiger partial charge in [-0.25, -0.2) is 14.4 Å². The van der Waals surface area contributed by atoms with Gasteiger partial charge in [0.25, 0.3) is 0 Å². The fraction of sp³-hybridized carbons (Fsp3) is 0.821. The van der Waals surface area contributed by atoms with Crippen LogP contribution in [0.3, 0.4) is 0 Å². The van der Waals surface area contributed by atoms with E-state index in [-0.39, 0.29) is 24.1 Å². The summed E-state index contributed by atoms with van der Waals surface area (Å²) in [6, 6.07) is 0. The van der Waals surface area contributed by atoms with Gasteiger partial charge in [-0.2, -0.15) is 0 Å². The molecule has 0 aromatic rings. The second kappa shape index (κ2) is 16.2. The van der Waals surface area contributed by atoms with Crippen LogP contribution in [0.2, 0.25) is 0 Å². The molecule has 7 nitrogen and oxygen atoms in total. The van der Waals surface area contributed by atoms with Crippen molar-refractivity contribution in [3.05, 3.63) is 23.8 Å². The van der Waals surface area contributed by atoms with E-state index in [0.717, 1.165) is 74.5 Å². The monoisotopic (exact) mass is 642 g/mol. The fourth-order valence-electron chi connectivity index (χ4n) is 10.0. The molecule has 8 atom stereocenters. The highest BCUT2D eigenvalue weighted by Gasteiger charge is 2.59. The first-order valence-corrected chi connectivity index (χ1v) is 18.4. The van der Waals surface area contributed by atoms with Crippen molar-refractivity contribution < 1.29 is 33.3 Å². The fourth-order valence-corrected chi connectivity index (χ4v) is 10.0. The number of hydrogen-bond donors (Lipinski definition) is 0. The van der Waals surface area contributed by atoms with Crippen molar-refractivity contribution in [1.29, 1.82) is 0 Å². The van der Waals surface area contributed by atoms with E-state index in [0.29, 0.717) is 29.9 Å². The van der Waals surface area contributed by atoms with Gasteiger partial charge in [-0.15, -0.1) is 0 Å². The summed E-state index contributed by atoms with van der Waals surface area (Å²) in [5.41, 5.74) is 2.47. The number of carbonyl (C=O) groups is 3. The zero-order chi connectivity index (χ0) is 33.5. The van der Waals surface area contributed by atoms with Gasteiger partial charge in [-0.1, -0.05) is 72.1 Å². The number of esters is 1. The summed E-state index contributed by atoms with van der Waals surface area (Å²) in [5.74, 6) is 4.38. The minimum atomic E-state index is -1.02. The van der Waals surface area contributed by atoms with Crippen molar-refractivity contribution >= 4 is 18.3 Å². The molecule has 260 valence electrons. The number of fused-ring (bicyclic) bond motifs is 5. The average Bonchev–Trinajstić information content (AvgIpc) is 3.35. The third-order valence-electron chi connectivity index (χ3n) is 12.5. The summed E-state index contributed by atoms with van der Waals surface area (Å²) in [6.45, 7) is 18.0. The normalized spacial score (nSPS) is 32.3. The zero-order valence-electron chi connectivity index (χ0n) is 29.7. The van der Waals surface area contributed by atoms with Gasteiger partial charge >= 0.3 is 18.3 Å². The van der Waals surface area contributed by atoms with E-state index >= 15 is 0 Å². The van der Waals surface area contributed by atoms with Crippen LogP contribution in [0, 0.1) is 46.3 Å². The van der Waals surface area contributed by atoms with Crippen molar-refractivity contribution in [3.63, 3.8) is 0 Å². The molecule has 0 spiro atoms. The summed E-state index contributed by atoms with van der Waals surface area (Å²) in [7, 11) is 0. The molecule has 7 heteroatoms. The lowest BCUT2D eigenvalue weighted by molar-refractivity contribution is -0.139.